The molecule has 0 saturated heterocycles. The Labute approximate surface area is 185 Å². The van der Waals surface area contributed by atoms with Crippen molar-refractivity contribution in [2.24, 2.45) is 0 Å². The summed E-state index contributed by atoms with van der Waals surface area (Å²) in [4.78, 5) is 17.1. The molecule has 0 spiro atoms. The summed E-state index contributed by atoms with van der Waals surface area (Å²) in [5.41, 5.74) is 2.42. The highest BCUT2D eigenvalue weighted by Crippen LogP contribution is 2.31. The third kappa shape index (κ3) is 6.28. The normalized spacial score (nSPS) is 17.8. The second kappa shape index (κ2) is 11.5. The minimum Gasteiger partial charge on any atom is -0.494 e. The van der Waals surface area contributed by atoms with Crippen LogP contribution in [0.15, 0.2) is 67.0 Å². The maximum atomic E-state index is 13.0. The molecule has 0 aliphatic heterocycles. The second-order valence-electron chi connectivity index (χ2n) is 7.55. The molecule has 3 rings (SSSR count). The lowest BCUT2D eigenvalue weighted by Gasteiger charge is -2.31. The van der Waals surface area contributed by atoms with Gasteiger partial charge in [-0.25, -0.2) is 0 Å². The Morgan fingerprint density at radius 1 is 1.16 bits per heavy atom. The molecule has 1 aromatic carbocycles. The Hall–Kier alpha value is -2.92. The highest BCUT2D eigenvalue weighted by Gasteiger charge is 2.37. The summed E-state index contributed by atoms with van der Waals surface area (Å²) in [6.07, 6.45) is 13.0. The average Bonchev–Trinajstić information content (AvgIpc) is 2.80. The number of nitrogens with zero attached hydrogens (tertiary/aromatic N) is 1. The Morgan fingerprint density at radius 2 is 2.06 bits per heavy atom. The lowest BCUT2D eigenvalue weighted by atomic mass is 9.88. The van der Waals surface area contributed by atoms with Gasteiger partial charge in [-0.05, 0) is 74.1 Å². The first kappa shape index (κ1) is 22.8. The van der Waals surface area contributed by atoms with Crippen molar-refractivity contribution in [2.75, 3.05) is 19.8 Å². The number of carbonyl (C=O) groups is 1. The standard InChI is InChI=1S/C26H32N2O3/c1-3-30-24-12-7-11-23(19-24)22-13-15-26(16-14-22,31-4-2)25(29)28-18-6-5-9-21-10-8-17-27-20-21/h7-8,10-15,17,19-20H,3-6,9,16,18H2,1-2H3,(H,28,29). The van der Waals surface area contributed by atoms with Crippen molar-refractivity contribution in [1.29, 1.82) is 0 Å². The molecule has 1 atom stereocenters. The molecular weight excluding hydrogens is 388 g/mol. The van der Waals surface area contributed by atoms with Gasteiger partial charge in [-0.2, -0.15) is 0 Å². The maximum Gasteiger partial charge on any atom is 0.256 e. The molecule has 0 fully saturated rings. The van der Waals surface area contributed by atoms with E-state index < -0.39 is 5.60 Å². The molecule has 1 heterocycles. The summed E-state index contributed by atoms with van der Waals surface area (Å²) < 4.78 is 11.5. The minimum absolute atomic E-state index is 0.0784. The van der Waals surface area contributed by atoms with Gasteiger partial charge >= 0.3 is 0 Å². The van der Waals surface area contributed by atoms with Crippen LogP contribution in [0.1, 0.15) is 44.2 Å². The van der Waals surface area contributed by atoms with Crippen LogP contribution in [0.2, 0.25) is 0 Å². The highest BCUT2D eigenvalue weighted by atomic mass is 16.5. The molecule has 0 saturated carbocycles. The second-order valence-corrected chi connectivity index (χ2v) is 7.55. The van der Waals surface area contributed by atoms with Crippen LogP contribution >= 0.6 is 0 Å². The van der Waals surface area contributed by atoms with E-state index in [0.29, 0.717) is 26.2 Å². The number of carbonyl (C=O) groups excluding carboxylic acids is 1. The summed E-state index contributed by atoms with van der Waals surface area (Å²) in [7, 11) is 0. The number of nitrogens with one attached hydrogen (secondary N) is 1. The van der Waals surface area contributed by atoms with E-state index in [1.54, 1.807) is 6.20 Å². The van der Waals surface area contributed by atoms with E-state index in [0.717, 1.165) is 36.1 Å². The van der Waals surface area contributed by atoms with Gasteiger partial charge in [0, 0.05) is 32.0 Å². The highest BCUT2D eigenvalue weighted by molar-refractivity contribution is 5.90. The maximum absolute atomic E-state index is 13.0. The number of hydrogen-bond donors (Lipinski definition) is 1. The van der Waals surface area contributed by atoms with Gasteiger partial charge in [0.2, 0.25) is 0 Å². The number of allylic oxidation sites excluding steroid dienone is 2. The molecular formula is C26H32N2O3. The summed E-state index contributed by atoms with van der Waals surface area (Å²) in [5.74, 6) is 0.769. The van der Waals surface area contributed by atoms with E-state index >= 15 is 0 Å². The summed E-state index contributed by atoms with van der Waals surface area (Å²) in [6, 6.07) is 12.0. The topological polar surface area (TPSA) is 60.5 Å². The van der Waals surface area contributed by atoms with Gasteiger partial charge in [-0.3, -0.25) is 9.78 Å². The molecule has 2 aromatic rings. The largest absolute Gasteiger partial charge is 0.494 e. The number of aryl methyl sites for hydroxylation is 1. The molecule has 1 unspecified atom stereocenters. The third-order valence-corrected chi connectivity index (χ3v) is 5.32. The molecule has 5 heteroatoms. The van der Waals surface area contributed by atoms with E-state index in [1.165, 1.54) is 5.56 Å². The minimum atomic E-state index is -0.945. The quantitative estimate of drug-likeness (QED) is 0.534. The van der Waals surface area contributed by atoms with E-state index in [2.05, 4.69) is 28.5 Å². The van der Waals surface area contributed by atoms with Gasteiger partial charge in [0.05, 0.1) is 6.61 Å². The Kier molecular flexibility index (Phi) is 8.42. The van der Waals surface area contributed by atoms with Crippen molar-refractivity contribution in [1.82, 2.24) is 10.3 Å². The lowest BCUT2D eigenvalue weighted by molar-refractivity contribution is -0.140. The van der Waals surface area contributed by atoms with Crippen LogP contribution in [0.25, 0.3) is 5.57 Å². The van der Waals surface area contributed by atoms with Gasteiger partial charge in [-0.15, -0.1) is 0 Å². The van der Waals surface area contributed by atoms with Crippen LogP contribution < -0.4 is 10.1 Å². The molecule has 1 aromatic heterocycles. The average molecular weight is 421 g/mol. The van der Waals surface area contributed by atoms with Crippen molar-refractivity contribution in [3.05, 3.63) is 78.1 Å². The number of aromatic nitrogens is 1. The van der Waals surface area contributed by atoms with Gasteiger partial charge in [0.1, 0.15) is 5.75 Å². The SMILES string of the molecule is CCOc1cccc(C2=CCC(OCC)(C(=O)NCCCCc3cccnc3)C=C2)c1. The Morgan fingerprint density at radius 3 is 2.77 bits per heavy atom. The third-order valence-electron chi connectivity index (χ3n) is 5.32. The monoisotopic (exact) mass is 420 g/mol. The number of hydrogen-bond acceptors (Lipinski definition) is 4. The lowest BCUT2D eigenvalue weighted by Crippen LogP contribution is -2.48. The van der Waals surface area contributed by atoms with E-state index in [9.17, 15) is 4.79 Å². The van der Waals surface area contributed by atoms with Gasteiger partial charge in [-0.1, -0.05) is 30.4 Å². The molecule has 5 nitrogen and oxygen atoms in total. The fourth-order valence-corrected chi connectivity index (χ4v) is 3.72. The molecule has 0 radical (unpaired) electrons. The molecule has 31 heavy (non-hydrogen) atoms. The van der Waals surface area contributed by atoms with Gasteiger partial charge in [0.15, 0.2) is 5.60 Å². The van der Waals surface area contributed by atoms with Crippen LogP contribution in [0.5, 0.6) is 5.75 Å². The first-order valence-corrected chi connectivity index (χ1v) is 11.1. The Bertz CT molecular complexity index is 908. The fraction of sp³-hybridized carbons (Fsp3) is 0.385. The molecule has 0 bridgehead atoms. The van der Waals surface area contributed by atoms with E-state index in [1.807, 2.05) is 56.5 Å². The zero-order valence-corrected chi connectivity index (χ0v) is 18.5. The summed E-state index contributed by atoms with van der Waals surface area (Å²) in [5, 5.41) is 3.06. The van der Waals surface area contributed by atoms with Crippen LogP contribution in [-0.2, 0) is 16.0 Å². The number of amides is 1. The molecule has 1 aliphatic carbocycles. The predicted molar refractivity (Wildman–Crippen MR) is 124 cm³/mol. The number of benzene rings is 1. The van der Waals surface area contributed by atoms with E-state index in [4.69, 9.17) is 9.47 Å². The van der Waals surface area contributed by atoms with Crippen molar-refractivity contribution in [3.8, 4) is 5.75 Å². The molecule has 1 N–H and O–H groups in total. The van der Waals surface area contributed by atoms with Gasteiger partial charge in [0.25, 0.3) is 5.91 Å². The first-order chi connectivity index (χ1) is 15.2. The number of ether oxygens (including phenoxy) is 2. The summed E-state index contributed by atoms with van der Waals surface area (Å²) in [6.45, 7) is 5.63. The van der Waals surface area contributed by atoms with Crippen molar-refractivity contribution in [3.63, 3.8) is 0 Å². The van der Waals surface area contributed by atoms with Crippen LogP contribution in [0, 0.1) is 0 Å². The first-order valence-electron chi connectivity index (χ1n) is 11.1. The van der Waals surface area contributed by atoms with Crippen molar-refractivity contribution < 1.29 is 14.3 Å². The van der Waals surface area contributed by atoms with Crippen molar-refractivity contribution in [2.45, 2.75) is 45.1 Å². The number of rotatable bonds is 11. The summed E-state index contributed by atoms with van der Waals surface area (Å²) >= 11 is 0. The number of unbranched alkanes of at least 4 members (excludes halogenated alkanes) is 1. The molecule has 1 amide bonds. The van der Waals surface area contributed by atoms with Crippen molar-refractivity contribution >= 4 is 11.5 Å². The Balaban J connectivity index is 1.55. The van der Waals surface area contributed by atoms with E-state index in [-0.39, 0.29) is 5.91 Å². The van der Waals surface area contributed by atoms with Crippen LogP contribution in [0.4, 0.5) is 0 Å². The van der Waals surface area contributed by atoms with Gasteiger partial charge < -0.3 is 14.8 Å². The fourth-order valence-electron chi connectivity index (χ4n) is 3.72. The zero-order chi connectivity index (χ0) is 21.9. The molecule has 1 aliphatic rings. The number of pyridine rings is 1. The van der Waals surface area contributed by atoms with Crippen LogP contribution in [0.3, 0.4) is 0 Å². The molecule has 164 valence electrons. The smallest absolute Gasteiger partial charge is 0.256 e. The van der Waals surface area contributed by atoms with Crippen LogP contribution in [-0.4, -0.2) is 36.3 Å². The zero-order valence-electron chi connectivity index (χ0n) is 18.5. The predicted octanol–water partition coefficient (Wildman–Crippen LogP) is 4.74.